The minimum atomic E-state index is -1.31. The number of carbonyl (C=O) groups is 3. The molecule has 0 radical (unpaired) electrons. The lowest BCUT2D eigenvalue weighted by Gasteiger charge is -2.25. The zero-order chi connectivity index (χ0) is 24.5. The molecule has 3 aromatic rings. The molecule has 1 atom stereocenters. The van der Waals surface area contributed by atoms with Crippen LogP contribution in [0.2, 0.25) is 0 Å². The van der Waals surface area contributed by atoms with Gasteiger partial charge in [0.05, 0.1) is 6.54 Å². The van der Waals surface area contributed by atoms with Crippen LogP contribution in [0.25, 0.3) is 0 Å². The number of nitrogens with zero attached hydrogens (tertiary/aromatic N) is 2. The fraction of sp³-hybridized carbons (Fsp3) is 0.296. The minimum absolute atomic E-state index is 0.280. The highest BCUT2D eigenvalue weighted by Gasteiger charge is 2.51. The number of rotatable bonds is 8. The van der Waals surface area contributed by atoms with Crippen LogP contribution in [0.1, 0.15) is 46.2 Å². The lowest BCUT2D eigenvalue weighted by Crippen LogP contribution is -2.43. The molecule has 176 valence electrons. The Hall–Kier alpha value is -3.74. The van der Waals surface area contributed by atoms with E-state index >= 15 is 0 Å². The van der Waals surface area contributed by atoms with Crippen LogP contribution < -0.4 is 5.32 Å². The number of nitrogens with one attached hydrogen (secondary N) is 1. The molecular formula is C27H28FN3O3. The number of hydrogen-bond donors (Lipinski definition) is 1. The van der Waals surface area contributed by atoms with Crippen LogP contribution in [0.3, 0.4) is 0 Å². The molecule has 1 aliphatic heterocycles. The molecule has 1 aromatic heterocycles. The molecule has 7 heteroatoms. The molecule has 34 heavy (non-hydrogen) atoms. The van der Waals surface area contributed by atoms with Crippen LogP contribution in [0.5, 0.6) is 0 Å². The van der Waals surface area contributed by atoms with Gasteiger partial charge in [-0.3, -0.25) is 14.5 Å². The summed E-state index contributed by atoms with van der Waals surface area (Å²) < 4.78 is 15.5. The van der Waals surface area contributed by atoms with Gasteiger partial charge in [0.15, 0.2) is 5.78 Å². The molecule has 0 spiro atoms. The van der Waals surface area contributed by atoms with Gasteiger partial charge in [-0.15, -0.1) is 0 Å². The second-order valence-corrected chi connectivity index (χ2v) is 8.68. The second-order valence-electron chi connectivity index (χ2n) is 8.68. The monoisotopic (exact) mass is 461 g/mol. The third-order valence-corrected chi connectivity index (χ3v) is 6.69. The van der Waals surface area contributed by atoms with E-state index < -0.39 is 23.3 Å². The fourth-order valence-electron chi connectivity index (χ4n) is 4.69. The van der Waals surface area contributed by atoms with Crippen LogP contribution in [-0.2, 0) is 23.3 Å². The Labute approximate surface area is 198 Å². The zero-order valence-corrected chi connectivity index (χ0v) is 19.6. The Kier molecular flexibility index (Phi) is 6.37. The van der Waals surface area contributed by atoms with Crippen molar-refractivity contribution < 1.29 is 18.8 Å². The van der Waals surface area contributed by atoms with Crippen molar-refractivity contribution in [3.8, 4) is 0 Å². The van der Waals surface area contributed by atoms with Crippen molar-refractivity contribution in [1.82, 2.24) is 14.8 Å². The van der Waals surface area contributed by atoms with E-state index in [-0.39, 0.29) is 18.7 Å². The highest BCUT2D eigenvalue weighted by Crippen LogP contribution is 2.33. The summed E-state index contributed by atoms with van der Waals surface area (Å²) in [6.45, 7) is 5.97. The van der Waals surface area contributed by atoms with E-state index in [0.29, 0.717) is 11.1 Å². The molecule has 0 aliphatic carbocycles. The van der Waals surface area contributed by atoms with Gasteiger partial charge < -0.3 is 9.88 Å². The topological polar surface area (TPSA) is 71.4 Å². The molecule has 2 aromatic carbocycles. The van der Waals surface area contributed by atoms with Gasteiger partial charge in [0, 0.05) is 23.5 Å². The first-order chi connectivity index (χ1) is 16.3. The number of benzene rings is 2. The number of hydrogen-bond acceptors (Lipinski definition) is 3. The van der Waals surface area contributed by atoms with Gasteiger partial charge in [0.1, 0.15) is 11.4 Å². The molecule has 4 rings (SSSR count). The summed E-state index contributed by atoms with van der Waals surface area (Å²) in [5.41, 5.74) is 2.65. The Morgan fingerprint density at radius 1 is 1.03 bits per heavy atom. The Balaban J connectivity index is 1.53. The van der Waals surface area contributed by atoms with Crippen molar-refractivity contribution in [2.75, 3.05) is 6.54 Å². The minimum Gasteiger partial charge on any atom is -0.348 e. The highest BCUT2D eigenvalue weighted by molar-refractivity contribution is 6.11. The Morgan fingerprint density at radius 2 is 1.71 bits per heavy atom. The maximum atomic E-state index is 13.4. The van der Waals surface area contributed by atoms with Crippen LogP contribution in [-0.4, -0.2) is 33.7 Å². The molecule has 0 saturated carbocycles. The summed E-state index contributed by atoms with van der Waals surface area (Å²) in [5.74, 6) is -1.23. The molecule has 3 amide bonds. The third kappa shape index (κ3) is 4.14. The summed E-state index contributed by atoms with van der Waals surface area (Å²) in [6, 6.07) is 16.8. The Bertz CT molecular complexity index is 1230. The molecule has 1 aliphatic rings. The zero-order valence-electron chi connectivity index (χ0n) is 19.6. The average Bonchev–Trinajstić information content (AvgIpc) is 3.26. The SMILES string of the molecule is CC[C@@]1(c2ccc(F)cc2)NC(=O)N(CC(=O)c2cc(C)n(CCc3ccccc3)c2C)C1=O. The number of carbonyl (C=O) groups excluding carboxylic acids is 3. The van der Waals surface area contributed by atoms with Gasteiger partial charge in [-0.25, -0.2) is 9.18 Å². The second kappa shape index (κ2) is 9.25. The normalized spacial score (nSPS) is 17.8. The molecular weight excluding hydrogens is 433 g/mol. The van der Waals surface area contributed by atoms with E-state index in [9.17, 15) is 18.8 Å². The summed E-state index contributed by atoms with van der Waals surface area (Å²) in [4.78, 5) is 40.2. The number of halogens is 1. The summed E-state index contributed by atoms with van der Waals surface area (Å²) in [7, 11) is 0. The van der Waals surface area contributed by atoms with E-state index in [0.717, 1.165) is 29.3 Å². The van der Waals surface area contributed by atoms with Gasteiger partial charge in [-0.1, -0.05) is 49.4 Å². The van der Waals surface area contributed by atoms with Crippen LogP contribution in [0, 0.1) is 19.7 Å². The number of amides is 3. The number of aryl methyl sites for hydroxylation is 2. The first-order valence-electron chi connectivity index (χ1n) is 11.4. The van der Waals surface area contributed by atoms with Crippen LogP contribution >= 0.6 is 0 Å². The first-order valence-corrected chi connectivity index (χ1v) is 11.4. The van der Waals surface area contributed by atoms with Crippen molar-refractivity contribution in [2.45, 2.75) is 45.7 Å². The number of imide groups is 1. The van der Waals surface area contributed by atoms with Gasteiger partial charge in [0.25, 0.3) is 5.91 Å². The van der Waals surface area contributed by atoms with Gasteiger partial charge >= 0.3 is 6.03 Å². The molecule has 1 N–H and O–H groups in total. The van der Waals surface area contributed by atoms with Crippen LogP contribution in [0.15, 0.2) is 60.7 Å². The standard InChI is InChI=1S/C27H28FN3O3/c1-4-27(21-10-12-22(28)13-11-21)25(33)31(26(34)29-27)17-24(32)23-16-18(2)30(19(23)3)15-14-20-8-6-5-7-9-20/h5-13,16H,4,14-15,17H2,1-3H3,(H,29,34)/t27-/m0/s1. The summed E-state index contributed by atoms with van der Waals surface area (Å²) >= 11 is 0. The lowest BCUT2D eigenvalue weighted by molar-refractivity contribution is -0.131. The first kappa shape index (κ1) is 23.4. The molecule has 6 nitrogen and oxygen atoms in total. The van der Waals surface area contributed by atoms with E-state index in [1.165, 1.54) is 29.8 Å². The highest BCUT2D eigenvalue weighted by atomic mass is 19.1. The van der Waals surface area contributed by atoms with Crippen molar-refractivity contribution >= 4 is 17.7 Å². The maximum Gasteiger partial charge on any atom is 0.325 e. The molecule has 0 bridgehead atoms. The molecule has 2 heterocycles. The fourth-order valence-corrected chi connectivity index (χ4v) is 4.69. The van der Waals surface area contributed by atoms with Crippen molar-refractivity contribution in [1.29, 1.82) is 0 Å². The smallest absolute Gasteiger partial charge is 0.325 e. The Morgan fingerprint density at radius 3 is 2.35 bits per heavy atom. The largest absolute Gasteiger partial charge is 0.348 e. The number of Topliss-reactive ketones (excluding diaryl/α,β-unsaturated/α-hetero) is 1. The summed E-state index contributed by atoms with van der Waals surface area (Å²) in [6.07, 6.45) is 1.11. The van der Waals surface area contributed by atoms with Gasteiger partial charge in [-0.05, 0) is 56.0 Å². The molecule has 1 saturated heterocycles. The van der Waals surface area contributed by atoms with Crippen molar-refractivity contribution in [2.24, 2.45) is 0 Å². The third-order valence-electron chi connectivity index (χ3n) is 6.69. The van der Waals surface area contributed by atoms with Crippen molar-refractivity contribution in [3.05, 3.63) is 94.6 Å². The molecule has 0 unspecified atom stereocenters. The predicted octanol–water partition coefficient (Wildman–Crippen LogP) is 4.53. The molecule has 1 fully saturated rings. The maximum absolute atomic E-state index is 13.4. The van der Waals surface area contributed by atoms with E-state index in [1.54, 1.807) is 6.92 Å². The van der Waals surface area contributed by atoms with E-state index in [2.05, 4.69) is 22.0 Å². The summed E-state index contributed by atoms with van der Waals surface area (Å²) in [5, 5.41) is 2.74. The number of aromatic nitrogens is 1. The predicted molar refractivity (Wildman–Crippen MR) is 127 cm³/mol. The van der Waals surface area contributed by atoms with Gasteiger partial charge in [-0.2, -0.15) is 0 Å². The van der Waals surface area contributed by atoms with Gasteiger partial charge in [0.2, 0.25) is 0 Å². The van der Waals surface area contributed by atoms with E-state index in [4.69, 9.17) is 0 Å². The van der Waals surface area contributed by atoms with E-state index in [1.807, 2.05) is 38.1 Å². The quantitative estimate of drug-likeness (QED) is 0.396. The average molecular weight is 462 g/mol. The van der Waals surface area contributed by atoms with Crippen LogP contribution in [0.4, 0.5) is 9.18 Å². The lowest BCUT2D eigenvalue weighted by atomic mass is 9.87. The van der Waals surface area contributed by atoms with Crippen molar-refractivity contribution in [3.63, 3.8) is 0 Å². The number of urea groups is 1. The number of ketones is 1.